The van der Waals surface area contributed by atoms with Crippen molar-refractivity contribution in [1.29, 1.82) is 0 Å². The van der Waals surface area contributed by atoms with E-state index in [1.807, 2.05) is 0 Å². The first-order valence-electron chi connectivity index (χ1n) is 10.4. The van der Waals surface area contributed by atoms with Gasteiger partial charge >= 0.3 is 18.0 Å². The molecular weight excluding hydrogens is 492 g/mol. The van der Waals surface area contributed by atoms with Crippen LogP contribution in [0.5, 0.6) is 0 Å². The number of nitro benzene ring substituents is 1. The molecule has 0 saturated heterocycles. The van der Waals surface area contributed by atoms with E-state index in [1.165, 1.54) is 36.5 Å². The van der Waals surface area contributed by atoms with Crippen molar-refractivity contribution in [3.63, 3.8) is 0 Å². The summed E-state index contributed by atoms with van der Waals surface area (Å²) in [6.45, 7) is -0.258. The number of anilines is 1. The van der Waals surface area contributed by atoms with E-state index in [-0.39, 0.29) is 52.4 Å². The van der Waals surface area contributed by atoms with Crippen LogP contribution in [0.3, 0.4) is 0 Å². The Balaban J connectivity index is 1.48. The molecule has 0 aliphatic heterocycles. The van der Waals surface area contributed by atoms with Crippen LogP contribution in [0.15, 0.2) is 47.4 Å². The Hall–Kier alpha value is -5.60. The first-order valence-corrected chi connectivity index (χ1v) is 10.4. The van der Waals surface area contributed by atoms with Gasteiger partial charge in [0.1, 0.15) is 12.4 Å². The number of carbonyl (C=O) groups is 3. The molecule has 15 heteroatoms. The van der Waals surface area contributed by atoms with Crippen LogP contribution in [0.25, 0.3) is 11.0 Å². The number of hydrogen-bond acceptors (Lipinski definition) is 9. The van der Waals surface area contributed by atoms with Crippen LogP contribution in [0.2, 0.25) is 0 Å². The van der Waals surface area contributed by atoms with Crippen LogP contribution in [0.4, 0.5) is 16.2 Å². The van der Waals surface area contributed by atoms with Gasteiger partial charge in [0.05, 0.1) is 27.2 Å². The molecule has 4 rings (SSSR count). The first-order chi connectivity index (χ1) is 17.6. The quantitative estimate of drug-likeness (QED) is 0.171. The number of amides is 1. The van der Waals surface area contributed by atoms with Gasteiger partial charge in [-0.15, -0.1) is 0 Å². The molecular formula is C22H16N6O9. The van der Waals surface area contributed by atoms with Gasteiger partial charge in [-0.1, -0.05) is 6.07 Å². The zero-order chi connectivity index (χ0) is 26.7. The lowest BCUT2D eigenvalue weighted by Crippen LogP contribution is -2.20. The lowest BCUT2D eigenvalue weighted by atomic mass is 10.1. The summed E-state index contributed by atoms with van der Waals surface area (Å²) in [5.41, 5.74) is -1.40. The number of hydrogen-bond donors (Lipinski definition) is 5. The van der Waals surface area contributed by atoms with Crippen molar-refractivity contribution in [3.05, 3.63) is 91.4 Å². The molecule has 0 saturated carbocycles. The lowest BCUT2D eigenvalue weighted by molar-refractivity contribution is -0.385. The summed E-state index contributed by atoms with van der Waals surface area (Å²) in [5, 5.41) is 32.1. The molecule has 0 fully saturated rings. The van der Waals surface area contributed by atoms with E-state index in [1.54, 1.807) is 0 Å². The largest absolute Gasteiger partial charge is 0.478 e. The zero-order valence-corrected chi connectivity index (χ0v) is 18.5. The number of carboxylic acid groups (broad SMARTS) is 2. The molecule has 2 aromatic carbocycles. The fraction of sp³-hybridized carbons (Fsp3) is 0.0909. The number of aromatic carboxylic acids is 2. The first kappa shape index (κ1) is 24.5. The maximum Gasteiger partial charge on any atom is 0.412 e. The van der Waals surface area contributed by atoms with Crippen molar-refractivity contribution >= 4 is 40.4 Å². The Labute approximate surface area is 204 Å². The Morgan fingerprint density at radius 3 is 2.59 bits per heavy atom. The van der Waals surface area contributed by atoms with Crippen molar-refractivity contribution < 1.29 is 34.3 Å². The third kappa shape index (κ3) is 5.56. The number of nitrogens with one attached hydrogen (secondary N) is 3. The number of nitro groups is 1. The molecule has 188 valence electrons. The molecule has 4 aromatic rings. The lowest BCUT2D eigenvalue weighted by Gasteiger charge is -2.06. The number of rotatable bonds is 8. The smallest absolute Gasteiger partial charge is 0.412 e. The minimum atomic E-state index is -1.54. The minimum absolute atomic E-state index is 0.00103. The summed E-state index contributed by atoms with van der Waals surface area (Å²) in [6.07, 6.45) is 0.495. The zero-order valence-electron chi connectivity index (χ0n) is 18.5. The Kier molecular flexibility index (Phi) is 6.59. The average molecular weight is 508 g/mol. The van der Waals surface area contributed by atoms with Crippen molar-refractivity contribution in [2.45, 2.75) is 13.0 Å². The van der Waals surface area contributed by atoms with Gasteiger partial charge in [-0.2, -0.15) is 0 Å². The molecule has 0 atom stereocenters. The molecule has 1 amide bonds. The highest BCUT2D eigenvalue weighted by Gasteiger charge is 2.20. The van der Waals surface area contributed by atoms with Crippen LogP contribution in [-0.4, -0.2) is 53.1 Å². The number of fused-ring (bicyclic) bond motifs is 1. The van der Waals surface area contributed by atoms with Gasteiger partial charge in [0.25, 0.3) is 11.2 Å². The van der Waals surface area contributed by atoms with E-state index in [0.29, 0.717) is 5.69 Å². The van der Waals surface area contributed by atoms with Crippen LogP contribution < -0.4 is 10.9 Å². The van der Waals surface area contributed by atoms with E-state index >= 15 is 0 Å². The number of aromatic nitrogens is 4. The van der Waals surface area contributed by atoms with Crippen LogP contribution in [0.1, 0.15) is 37.9 Å². The Bertz CT molecular complexity index is 1620. The van der Waals surface area contributed by atoms with Gasteiger partial charge in [-0.25, -0.2) is 24.4 Å². The molecule has 0 spiro atoms. The number of H-pyrrole nitrogens is 2. The Morgan fingerprint density at radius 1 is 1.11 bits per heavy atom. The molecule has 37 heavy (non-hydrogen) atoms. The molecule has 5 N–H and O–H groups in total. The highest BCUT2D eigenvalue weighted by atomic mass is 16.6. The second kappa shape index (κ2) is 9.95. The van der Waals surface area contributed by atoms with Crippen molar-refractivity contribution in [3.8, 4) is 0 Å². The second-order valence-electron chi connectivity index (χ2n) is 7.58. The van der Waals surface area contributed by atoms with Gasteiger partial charge in [0, 0.05) is 29.9 Å². The number of benzene rings is 2. The predicted molar refractivity (Wildman–Crippen MR) is 125 cm³/mol. The highest BCUT2D eigenvalue weighted by Crippen LogP contribution is 2.25. The van der Waals surface area contributed by atoms with Crippen LogP contribution in [-0.2, 0) is 17.8 Å². The average Bonchev–Trinajstić information content (AvgIpc) is 3.29. The van der Waals surface area contributed by atoms with Crippen molar-refractivity contribution in [1.82, 2.24) is 19.9 Å². The van der Waals surface area contributed by atoms with Crippen molar-refractivity contribution in [2.75, 3.05) is 5.32 Å². The number of nitrogens with zero attached hydrogens (tertiary/aromatic N) is 3. The Morgan fingerprint density at radius 2 is 1.89 bits per heavy atom. The van der Waals surface area contributed by atoms with Gasteiger partial charge in [-0.05, 0) is 24.3 Å². The summed E-state index contributed by atoms with van der Waals surface area (Å²) in [7, 11) is 0. The van der Waals surface area contributed by atoms with E-state index < -0.39 is 34.2 Å². The maximum atomic E-state index is 12.0. The van der Waals surface area contributed by atoms with Gasteiger partial charge in [0.2, 0.25) is 5.69 Å². The summed E-state index contributed by atoms with van der Waals surface area (Å²) in [5.74, 6) is -2.42. The third-order valence-electron chi connectivity index (χ3n) is 5.04. The van der Waals surface area contributed by atoms with E-state index in [9.17, 15) is 29.3 Å². The summed E-state index contributed by atoms with van der Waals surface area (Å²) >= 11 is 0. The molecule has 0 unspecified atom stereocenters. The maximum absolute atomic E-state index is 12.0. The van der Waals surface area contributed by atoms with E-state index in [4.69, 9.17) is 14.9 Å². The van der Waals surface area contributed by atoms with E-state index in [2.05, 4.69) is 25.3 Å². The van der Waals surface area contributed by atoms with Gasteiger partial charge in [0.15, 0.2) is 0 Å². The predicted octanol–water partition coefficient (Wildman–Crippen LogP) is 2.29. The standard InChI is InChI=1S/C22H16N6O9/c29-19-18(21(32)33)26-14-5-11(16(28(35)36)7-15(14)27-19)6-17-23-8-13(24-17)9-37-22(34)25-12-3-1-2-10(4-12)20(30)31/h1-5,7-8H,6,9H2,(H,23,24)(H,25,34)(H,27,29)(H,30,31)(H,32,33). The molecule has 0 bridgehead atoms. The van der Waals surface area contributed by atoms with E-state index in [0.717, 1.165) is 6.07 Å². The number of carboxylic acids is 2. The minimum Gasteiger partial charge on any atom is -0.478 e. The normalized spacial score (nSPS) is 10.7. The monoisotopic (exact) mass is 508 g/mol. The highest BCUT2D eigenvalue weighted by molar-refractivity contribution is 5.91. The molecule has 0 aliphatic carbocycles. The topological polar surface area (TPSA) is 230 Å². The molecule has 0 aliphatic rings. The summed E-state index contributed by atoms with van der Waals surface area (Å²) in [4.78, 5) is 70.1. The number of ether oxygens (including phenoxy) is 1. The van der Waals surface area contributed by atoms with Crippen LogP contribution in [0, 0.1) is 10.1 Å². The van der Waals surface area contributed by atoms with Crippen molar-refractivity contribution in [2.24, 2.45) is 0 Å². The van der Waals surface area contributed by atoms with Gasteiger partial charge in [-0.3, -0.25) is 20.2 Å². The fourth-order valence-electron chi connectivity index (χ4n) is 3.39. The summed E-state index contributed by atoms with van der Waals surface area (Å²) in [6, 6.07) is 7.94. The molecule has 0 radical (unpaired) electrons. The number of imidazole rings is 1. The summed E-state index contributed by atoms with van der Waals surface area (Å²) < 4.78 is 5.07. The molecule has 15 nitrogen and oxygen atoms in total. The number of aromatic amines is 2. The molecule has 2 heterocycles. The SMILES string of the molecule is O=C(Nc1cccc(C(=O)O)c1)OCc1c[nH]c(Cc2cc3nc(C(=O)O)c(=O)[nH]c3cc2[N+](=O)[O-])n1. The number of carbonyl (C=O) groups excluding carboxylic acids is 1. The third-order valence-corrected chi connectivity index (χ3v) is 5.04. The van der Waals surface area contributed by atoms with Crippen LogP contribution >= 0.6 is 0 Å². The second-order valence-corrected chi connectivity index (χ2v) is 7.58. The molecule has 2 aromatic heterocycles. The fourth-order valence-corrected chi connectivity index (χ4v) is 3.39. The van der Waals surface area contributed by atoms with Gasteiger partial charge < -0.3 is 24.9 Å².